The Balaban J connectivity index is 1.93. The number of aromatic hydroxyl groups is 1. The fraction of sp³-hybridized carbons (Fsp3) is 0.467. The van der Waals surface area contributed by atoms with Gasteiger partial charge in [0.05, 0.1) is 11.8 Å². The average Bonchev–Trinajstić information content (AvgIpc) is 2.46. The predicted octanol–water partition coefficient (Wildman–Crippen LogP) is 1.90. The molecule has 0 saturated heterocycles. The van der Waals surface area contributed by atoms with Gasteiger partial charge in [-0.3, -0.25) is 9.59 Å². The number of phenolic OH excluding ortho intramolecular Hbond substituents is 1. The van der Waals surface area contributed by atoms with Gasteiger partial charge in [-0.1, -0.05) is 25.0 Å². The molecule has 0 aliphatic heterocycles. The maximum atomic E-state index is 12.1. The van der Waals surface area contributed by atoms with E-state index in [0.717, 1.165) is 18.4 Å². The summed E-state index contributed by atoms with van der Waals surface area (Å²) in [4.78, 5) is 23.3. The van der Waals surface area contributed by atoms with E-state index in [1.165, 1.54) is 0 Å². The van der Waals surface area contributed by atoms with Crippen LogP contribution >= 0.6 is 0 Å². The predicted molar refractivity (Wildman–Crippen MR) is 73.0 cm³/mol. The van der Waals surface area contributed by atoms with Crippen molar-refractivity contribution in [2.75, 3.05) is 0 Å². The van der Waals surface area contributed by atoms with Crippen molar-refractivity contribution in [2.24, 2.45) is 11.8 Å². The van der Waals surface area contributed by atoms with Crippen LogP contribution in [0.15, 0.2) is 24.3 Å². The standard InChI is InChI=1S/C15H19NO4/c17-11-7-5-10(6-8-11)9-16-14(18)12-3-1-2-4-13(12)15(19)20/h5-8,12-13,17H,1-4,9H2,(H,16,18)(H,19,20). The van der Waals surface area contributed by atoms with Gasteiger partial charge in [0.15, 0.2) is 0 Å². The number of aliphatic carboxylic acids is 1. The topological polar surface area (TPSA) is 86.6 Å². The van der Waals surface area contributed by atoms with Crippen LogP contribution in [-0.4, -0.2) is 22.1 Å². The quantitative estimate of drug-likeness (QED) is 0.784. The van der Waals surface area contributed by atoms with Gasteiger partial charge < -0.3 is 15.5 Å². The van der Waals surface area contributed by atoms with Gasteiger partial charge in [0.1, 0.15) is 5.75 Å². The van der Waals surface area contributed by atoms with Crippen molar-refractivity contribution in [1.29, 1.82) is 0 Å². The monoisotopic (exact) mass is 277 g/mol. The largest absolute Gasteiger partial charge is 0.508 e. The fourth-order valence-corrected chi connectivity index (χ4v) is 2.67. The van der Waals surface area contributed by atoms with Crippen LogP contribution in [0, 0.1) is 11.8 Å². The first-order valence-corrected chi connectivity index (χ1v) is 6.86. The number of hydrogen-bond donors (Lipinski definition) is 3. The molecule has 1 fully saturated rings. The Morgan fingerprint density at radius 3 is 2.30 bits per heavy atom. The zero-order chi connectivity index (χ0) is 14.5. The summed E-state index contributed by atoms with van der Waals surface area (Å²) in [6, 6.07) is 6.57. The van der Waals surface area contributed by atoms with Gasteiger partial charge in [0.25, 0.3) is 0 Å². The molecule has 1 aromatic carbocycles. The van der Waals surface area contributed by atoms with E-state index in [1.54, 1.807) is 24.3 Å². The van der Waals surface area contributed by atoms with Gasteiger partial charge in [-0.2, -0.15) is 0 Å². The summed E-state index contributed by atoms with van der Waals surface area (Å²) in [5.74, 6) is -1.89. The first kappa shape index (κ1) is 14.4. The number of amides is 1. The van der Waals surface area contributed by atoms with Crippen molar-refractivity contribution in [1.82, 2.24) is 5.32 Å². The normalized spacial score (nSPS) is 22.2. The zero-order valence-corrected chi connectivity index (χ0v) is 11.2. The third kappa shape index (κ3) is 3.50. The van der Waals surface area contributed by atoms with Crippen LogP contribution < -0.4 is 5.32 Å². The first-order valence-electron chi connectivity index (χ1n) is 6.86. The average molecular weight is 277 g/mol. The molecular formula is C15H19NO4. The van der Waals surface area contributed by atoms with Crippen LogP contribution in [-0.2, 0) is 16.1 Å². The summed E-state index contributed by atoms with van der Waals surface area (Å²) in [6.07, 6.45) is 2.99. The second-order valence-corrected chi connectivity index (χ2v) is 5.22. The minimum absolute atomic E-state index is 0.179. The van der Waals surface area contributed by atoms with Crippen LogP contribution in [0.3, 0.4) is 0 Å². The van der Waals surface area contributed by atoms with E-state index in [-0.39, 0.29) is 11.7 Å². The molecule has 1 aliphatic carbocycles. The molecule has 2 unspecified atom stereocenters. The van der Waals surface area contributed by atoms with Crippen LogP contribution in [0.5, 0.6) is 5.75 Å². The number of carbonyl (C=O) groups is 2. The minimum Gasteiger partial charge on any atom is -0.508 e. The third-order valence-electron chi connectivity index (χ3n) is 3.82. The molecule has 0 heterocycles. The van der Waals surface area contributed by atoms with Crippen molar-refractivity contribution in [3.63, 3.8) is 0 Å². The molecule has 5 heteroatoms. The lowest BCUT2D eigenvalue weighted by Gasteiger charge is -2.27. The molecule has 20 heavy (non-hydrogen) atoms. The Kier molecular flexibility index (Phi) is 4.61. The molecule has 1 aromatic rings. The molecule has 3 N–H and O–H groups in total. The highest BCUT2D eigenvalue weighted by Crippen LogP contribution is 2.30. The Hall–Kier alpha value is -2.04. The van der Waals surface area contributed by atoms with Gasteiger partial charge in [-0.15, -0.1) is 0 Å². The molecule has 108 valence electrons. The second-order valence-electron chi connectivity index (χ2n) is 5.22. The summed E-state index contributed by atoms with van der Waals surface area (Å²) in [5.41, 5.74) is 0.874. The molecule has 1 aliphatic rings. The summed E-state index contributed by atoms with van der Waals surface area (Å²) in [7, 11) is 0. The van der Waals surface area contributed by atoms with E-state index in [1.807, 2.05) is 0 Å². The Bertz CT molecular complexity index is 483. The molecule has 2 rings (SSSR count). The van der Waals surface area contributed by atoms with E-state index in [2.05, 4.69) is 5.32 Å². The van der Waals surface area contributed by atoms with Crippen molar-refractivity contribution < 1.29 is 19.8 Å². The van der Waals surface area contributed by atoms with E-state index in [0.29, 0.717) is 19.4 Å². The number of phenols is 1. The van der Waals surface area contributed by atoms with Crippen molar-refractivity contribution in [2.45, 2.75) is 32.2 Å². The molecule has 5 nitrogen and oxygen atoms in total. The zero-order valence-electron chi connectivity index (χ0n) is 11.2. The van der Waals surface area contributed by atoms with Gasteiger partial charge in [-0.25, -0.2) is 0 Å². The lowest BCUT2D eigenvalue weighted by molar-refractivity contribution is -0.148. The summed E-state index contributed by atoms with van der Waals surface area (Å²) in [5, 5.41) is 21.1. The molecule has 1 amide bonds. The Labute approximate surface area is 117 Å². The number of hydrogen-bond acceptors (Lipinski definition) is 3. The highest BCUT2D eigenvalue weighted by atomic mass is 16.4. The van der Waals surface area contributed by atoms with E-state index >= 15 is 0 Å². The number of carbonyl (C=O) groups excluding carboxylic acids is 1. The number of carboxylic acid groups (broad SMARTS) is 1. The summed E-state index contributed by atoms with van der Waals surface area (Å²) in [6.45, 7) is 0.349. The number of carboxylic acids is 1. The SMILES string of the molecule is O=C(O)C1CCCCC1C(=O)NCc1ccc(O)cc1. The highest BCUT2D eigenvalue weighted by molar-refractivity contribution is 5.84. The van der Waals surface area contributed by atoms with Gasteiger partial charge >= 0.3 is 5.97 Å². The van der Waals surface area contributed by atoms with Crippen molar-refractivity contribution in [3.8, 4) is 5.75 Å². The molecule has 1 saturated carbocycles. The van der Waals surface area contributed by atoms with Crippen molar-refractivity contribution in [3.05, 3.63) is 29.8 Å². The van der Waals surface area contributed by atoms with Crippen molar-refractivity contribution >= 4 is 11.9 Å². The summed E-state index contributed by atoms with van der Waals surface area (Å²) < 4.78 is 0. The lowest BCUT2D eigenvalue weighted by Crippen LogP contribution is -2.39. The van der Waals surface area contributed by atoms with E-state index < -0.39 is 17.8 Å². The maximum Gasteiger partial charge on any atom is 0.307 e. The van der Waals surface area contributed by atoms with Crippen LogP contribution in [0.2, 0.25) is 0 Å². The number of nitrogens with one attached hydrogen (secondary N) is 1. The van der Waals surface area contributed by atoms with Gasteiger partial charge in [0.2, 0.25) is 5.91 Å². The number of rotatable bonds is 4. The van der Waals surface area contributed by atoms with E-state index in [9.17, 15) is 14.7 Å². The van der Waals surface area contributed by atoms with Crippen LogP contribution in [0.25, 0.3) is 0 Å². The minimum atomic E-state index is -0.880. The smallest absolute Gasteiger partial charge is 0.307 e. The molecular weight excluding hydrogens is 258 g/mol. The lowest BCUT2D eigenvalue weighted by atomic mass is 9.78. The van der Waals surface area contributed by atoms with Crippen LogP contribution in [0.1, 0.15) is 31.2 Å². The third-order valence-corrected chi connectivity index (χ3v) is 3.82. The van der Waals surface area contributed by atoms with Gasteiger partial charge in [-0.05, 0) is 30.5 Å². The Morgan fingerprint density at radius 1 is 1.10 bits per heavy atom. The molecule has 0 aromatic heterocycles. The first-order chi connectivity index (χ1) is 9.58. The second kappa shape index (κ2) is 6.41. The van der Waals surface area contributed by atoms with E-state index in [4.69, 9.17) is 5.11 Å². The molecule has 2 atom stereocenters. The molecule has 0 radical (unpaired) electrons. The fourth-order valence-electron chi connectivity index (χ4n) is 2.67. The number of benzene rings is 1. The van der Waals surface area contributed by atoms with Crippen LogP contribution in [0.4, 0.5) is 0 Å². The Morgan fingerprint density at radius 2 is 1.70 bits per heavy atom. The molecule has 0 bridgehead atoms. The molecule has 0 spiro atoms. The maximum absolute atomic E-state index is 12.1. The van der Waals surface area contributed by atoms with Gasteiger partial charge in [0, 0.05) is 6.54 Å². The highest BCUT2D eigenvalue weighted by Gasteiger charge is 2.35. The summed E-state index contributed by atoms with van der Waals surface area (Å²) >= 11 is 0.